The van der Waals surface area contributed by atoms with E-state index in [9.17, 15) is 25.2 Å². The number of hydrogen-bond acceptors (Lipinski definition) is 6. The maximum Gasteiger partial charge on any atom is 0.305 e. The molecule has 0 aromatic rings. The lowest BCUT2D eigenvalue weighted by Crippen LogP contribution is -2.68. The van der Waals surface area contributed by atoms with E-state index < -0.39 is 23.4 Å². The summed E-state index contributed by atoms with van der Waals surface area (Å²) in [6, 6.07) is 0. The Balaban J connectivity index is 1.26. The molecule has 6 nitrogen and oxygen atoms in total. The maximum absolute atomic E-state index is 12.3. The molecular weight excluding hydrogens is 552 g/mol. The normalized spacial score (nSPS) is 41.1. The van der Waals surface area contributed by atoms with Crippen molar-refractivity contribution >= 4 is 5.97 Å². The summed E-state index contributed by atoms with van der Waals surface area (Å²) in [7, 11) is 0. The van der Waals surface area contributed by atoms with E-state index in [-0.39, 0.29) is 29.3 Å². The quantitative estimate of drug-likeness (QED) is 0.111. The molecule has 4 aliphatic rings. The van der Waals surface area contributed by atoms with Gasteiger partial charge in [-0.25, -0.2) is 0 Å². The highest BCUT2D eigenvalue weighted by Crippen LogP contribution is 2.69. The van der Waals surface area contributed by atoms with Gasteiger partial charge in [-0.2, -0.15) is 0 Å². The van der Waals surface area contributed by atoms with E-state index in [1.165, 1.54) is 51.4 Å². The highest BCUT2D eigenvalue weighted by Gasteiger charge is 2.67. The van der Waals surface area contributed by atoms with Crippen LogP contribution in [0.4, 0.5) is 0 Å². The van der Waals surface area contributed by atoms with E-state index in [1.54, 1.807) is 0 Å². The zero-order valence-corrected chi connectivity index (χ0v) is 29.2. The molecule has 0 bridgehead atoms. The molecule has 6 heteroatoms. The van der Waals surface area contributed by atoms with Crippen molar-refractivity contribution in [1.29, 1.82) is 0 Å². The second kappa shape index (κ2) is 14.6. The van der Waals surface area contributed by atoms with Gasteiger partial charge in [0.2, 0.25) is 0 Å². The summed E-state index contributed by atoms with van der Waals surface area (Å²) in [5.41, 5.74) is -2.32. The molecule has 0 saturated heterocycles. The Bertz CT molecular complexity index is 936. The Morgan fingerprint density at radius 2 is 1.61 bits per heavy atom. The van der Waals surface area contributed by atoms with Gasteiger partial charge in [0.25, 0.3) is 0 Å². The van der Waals surface area contributed by atoms with Gasteiger partial charge < -0.3 is 25.2 Å². The van der Waals surface area contributed by atoms with E-state index in [2.05, 4.69) is 34.6 Å². The summed E-state index contributed by atoms with van der Waals surface area (Å²) in [6.07, 6.45) is 16.4. The first kappa shape index (κ1) is 36.2. The number of rotatable bonds is 15. The highest BCUT2D eigenvalue weighted by molar-refractivity contribution is 5.69. The van der Waals surface area contributed by atoms with E-state index >= 15 is 0 Å². The molecule has 4 rings (SSSR count). The standard InChI is InChI=1S/C38H68O6/c1-7-8-9-10-11-12-13-14-34(41)44-25-37(6,42)27(3)16-15-26(2)30-17-18-31-29-23-33(40)38(43)24-28(39)19-22-36(38,5)32(29)20-21-35(30,31)4/h26-33,39-40,42-43H,7-25H2,1-6H3/t26?,27?,28-,29-,30?,31?,32?,33+,35+,36+,37?,38?/m0/s1. The van der Waals surface area contributed by atoms with Crippen LogP contribution < -0.4 is 0 Å². The third-order valence-electron chi connectivity index (χ3n) is 14.2. The van der Waals surface area contributed by atoms with Gasteiger partial charge in [0.1, 0.15) is 6.61 Å². The van der Waals surface area contributed by atoms with Gasteiger partial charge in [0.05, 0.1) is 23.4 Å². The summed E-state index contributed by atoms with van der Waals surface area (Å²) >= 11 is 0. The molecule has 7 unspecified atom stereocenters. The largest absolute Gasteiger partial charge is 0.463 e. The second-order valence-corrected chi connectivity index (χ2v) is 16.9. The number of fused-ring (bicyclic) bond motifs is 5. The average Bonchev–Trinajstić information content (AvgIpc) is 3.33. The zero-order chi connectivity index (χ0) is 32.3. The fourth-order valence-corrected chi connectivity index (χ4v) is 10.9. The molecule has 0 aromatic heterocycles. The fraction of sp³-hybridized carbons (Fsp3) is 0.974. The van der Waals surface area contributed by atoms with Crippen LogP contribution in [0.25, 0.3) is 0 Å². The molecule has 0 aliphatic heterocycles. The van der Waals surface area contributed by atoms with Crippen LogP contribution in [0.15, 0.2) is 0 Å². The minimum atomic E-state index is -1.18. The van der Waals surface area contributed by atoms with Gasteiger partial charge in [-0.05, 0) is 106 Å². The molecule has 0 aromatic carbocycles. The summed E-state index contributed by atoms with van der Waals surface area (Å²) in [5, 5.41) is 44.7. The lowest BCUT2D eigenvalue weighted by molar-refractivity contribution is -0.264. The number of unbranched alkanes of at least 4 members (excludes halogenated alkanes) is 6. The van der Waals surface area contributed by atoms with Crippen molar-refractivity contribution < 1.29 is 30.0 Å². The number of esters is 1. The van der Waals surface area contributed by atoms with Gasteiger partial charge in [0.15, 0.2) is 0 Å². The summed E-state index contributed by atoms with van der Waals surface area (Å²) in [5.74, 6) is 2.38. The first-order valence-corrected chi connectivity index (χ1v) is 18.7. The monoisotopic (exact) mass is 621 g/mol. The highest BCUT2D eigenvalue weighted by atomic mass is 16.5. The summed E-state index contributed by atoms with van der Waals surface area (Å²) in [4.78, 5) is 12.3. The average molecular weight is 621 g/mol. The molecular formula is C38H68O6. The van der Waals surface area contributed by atoms with Crippen LogP contribution in [0.2, 0.25) is 0 Å². The van der Waals surface area contributed by atoms with Crippen LogP contribution in [-0.2, 0) is 9.53 Å². The van der Waals surface area contributed by atoms with Crippen LogP contribution in [0.5, 0.6) is 0 Å². The van der Waals surface area contributed by atoms with Crippen LogP contribution in [-0.4, -0.2) is 56.4 Å². The van der Waals surface area contributed by atoms with Crippen molar-refractivity contribution in [3.05, 3.63) is 0 Å². The molecule has 4 N–H and O–H groups in total. The fourth-order valence-electron chi connectivity index (χ4n) is 10.9. The molecule has 4 aliphatic carbocycles. The van der Waals surface area contributed by atoms with Crippen molar-refractivity contribution in [3.63, 3.8) is 0 Å². The SMILES string of the molecule is CCCCCCCCCC(=O)OCC(C)(O)C(C)CCC(C)C1CCC2[C@@H]3C[C@@H](O)C4(O)C[C@@H](O)CC[C@]4(C)C3CC[C@]12C. The smallest absolute Gasteiger partial charge is 0.305 e. The number of carbonyl (C=O) groups is 1. The maximum atomic E-state index is 12.3. The number of aliphatic hydroxyl groups excluding tert-OH is 2. The minimum absolute atomic E-state index is 0.0322. The third-order valence-corrected chi connectivity index (χ3v) is 14.2. The predicted molar refractivity (Wildman–Crippen MR) is 176 cm³/mol. The van der Waals surface area contributed by atoms with E-state index in [0.717, 1.165) is 44.9 Å². The summed E-state index contributed by atoms with van der Waals surface area (Å²) < 4.78 is 5.54. The molecule has 12 atom stereocenters. The van der Waals surface area contributed by atoms with Crippen LogP contribution >= 0.6 is 0 Å². The van der Waals surface area contributed by atoms with E-state index in [0.29, 0.717) is 48.9 Å². The Labute approximate surface area is 269 Å². The van der Waals surface area contributed by atoms with Crippen LogP contribution in [0.3, 0.4) is 0 Å². The molecule has 4 fully saturated rings. The molecule has 4 saturated carbocycles. The molecule has 44 heavy (non-hydrogen) atoms. The topological polar surface area (TPSA) is 107 Å². The Morgan fingerprint density at radius 1 is 0.932 bits per heavy atom. The minimum Gasteiger partial charge on any atom is -0.463 e. The Morgan fingerprint density at radius 3 is 2.32 bits per heavy atom. The number of aliphatic hydroxyl groups is 4. The lowest BCUT2D eigenvalue weighted by atomic mass is 9.42. The van der Waals surface area contributed by atoms with E-state index in [1.807, 2.05) is 6.92 Å². The molecule has 0 amide bonds. The third kappa shape index (κ3) is 7.24. The molecule has 256 valence electrons. The van der Waals surface area contributed by atoms with Crippen molar-refractivity contribution in [2.24, 2.45) is 46.3 Å². The molecule has 0 spiro atoms. The van der Waals surface area contributed by atoms with Gasteiger partial charge in [-0.15, -0.1) is 0 Å². The Hall–Kier alpha value is -0.690. The zero-order valence-electron chi connectivity index (χ0n) is 29.2. The van der Waals surface area contributed by atoms with Crippen molar-refractivity contribution in [3.8, 4) is 0 Å². The first-order chi connectivity index (χ1) is 20.7. The molecule has 0 heterocycles. The van der Waals surface area contributed by atoms with Crippen molar-refractivity contribution in [1.82, 2.24) is 0 Å². The van der Waals surface area contributed by atoms with Crippen LogP contribution in [0, 0.1) is 46.3 Å². The molecule has 0 radical (unpaired) electrons. The Kier molecular flexibility index (Phi) is 12.0. The first-order valence-electron chi connectivity index (χ1n) is 18.7. The van der Waals surface area contributed by atoms with Gasteiger partial charge in [-0.3, -0.25) is 4.79 Å². The number of ether oxygens (including phenoxy) is 1. The van der Waals surface area contributed by atoms with Crippen molar-refractivity contribution in [2.45, 2.75) is 181 Å². The van der Waals surface area contributed by atoms with Gasteiger partial charge in [-0.1, -0.05) is 79.6 Å². The van der Waals surface area contributed by atoms with Gasteiger partial charge in [0, 0.05) is 18.3 Å². The summed E-state index contributed by atoms with van der Waals surface area (Å²) in [6.45, 7) is 13.3. The second-order valence-electron chi connectivity index (χ2n) is 16.9. The number of hydrogen-bond donors (Lipinski definition) is 4. The van der Waals surface area contributed by atoms with Crippen molar-refractivity contribution in [2.75, 3.05) is 6.61 Å². The number of carbonyl (C=O) groups excluding carboxylic acids is 1. The predicted octanol–water partition coefficient (Wildman–Crippen LogP) is 7.58. The van der Waals surface area contributed by atoms with E-state index in [4.69, 9.17) is 4.74 Å². The lowest BCUT2D eigenvalue weighted by Gasteiger charge is -2.65. The van der Waals surface area contributed by atoms with Gasteiger partial charge >= 0.3 is 5.97 Å². The van der Waals surface area contributed by atoms with Crippen LogP contribution in [0.1, 0.15) is 157 Å².